The average Bonchev–Trinajstić information content (AvgIpc) is 2.70. The summed E-state index contributed by atoms with van der Waals surface area (Å²) in [6.45, 7) is 0.569. The number of aromatic nitrogens is 2. The summed E-state index contributed by atoms with van der Waals surface area (Å²) in [6, 6.07) is 0. The molecule has 1 atom stereocenters. The minimum absolute atomic E-state index is 0.454. The van der Waals surface area contributed by atoms with Crippen molar-refractivity contribution in [1.82, 2.24) is 10.1 Å². The lowest BCUT2D eigenvalue weighted by atomic mass is 10.2. The number of nitrogens with two attached hydrogens (primary N) is 1. The molecule has 1 saturated heterocycles. The first-order valence-corrected chi connectivity index (χ1v) is 5.59. The van der Waals surface area contributed by atoms with Crippen molar-refractivity contribution in [2.75, 3.05) is 12.3 Å². The number of hydrogen-bond acceptors (Lipinski definition) is 5. The molecule has 0 aromatic carbocycles. The monoisotopic (exact) mass is 199 g/mol. The van der Waals surface area contributed by atoms with Crippen LogP contribution in [0.2, 0.25) is 0 Å². The van der Waals surface area contributed by atoms with Crippen LogP contribution in [0.1, 0.15) is 29.8 Å². The van der Waals surface area contributed by atoms with Gasteiger partial charge in [0.1, 0.15) is 0 Å². The summed E-state index contributed by atoms with van der Waals surface area (Å²) in [5.74, 6) is 2.74. The summed E-state index contributed by atoms with van der Waals surface area (Å²) in [6.07, 6.45) is 3.12. The second-order valence-electron chi connectivity index (χ2n) is 3.09. The van der Waals surface area contributed by atoms with Crippen molar-refractivity contribution >= 4 is 11.8 Å². The minimum Gasteiger partial charge on any atom is -0.339 e. The lowest BCUT2D eigenvalue weighted by Crippen LogP contribution is -2.03. The van der Waals surface area contributed by atoms with E-state index in [4.69, 9.17) is 10.3 Å². The van der Waals surface area contributed by atoms with Gasteiger partial charge in [0.05, 0.1) is 5.25 Å². The van der Waals surface area contributed by atoms with Crippen molar-refractivity contribution in [3.8, 4) is 0 Å². The predicted molar refractivity (Wildman–Crippen MR) is 51.5 cm³/mol. The summed E-state index contributed by atoms with van der Waals surface area (Å²) in [5, 5.41) is 4.41. The molecule has 0 saturated carbocycles. The van der Waals surface area contributed by atoms with Gasteiger partial charge in [-0.1, -0.05) is 5.16 Å². The van der Waals surface area contributed by atoms with Gasteiger partial charge in [-0.3, -0.25) is 0 Å². The lowest BCUT2D eigenvalue weighted by molar-refractivity contribution is 0.374. The van der Waals surface area contributed by atoms with Crippen LogP contribution >= 0.6 is 11.8 Å². The highest BCUT2D eigenvalue weighted by Crippen LogP contribution is 2.38. The molecule has 1 unspecified atom stereocenters. The Morgan fingerprint density at radius 1 is 1.62 bits per heavy atom. The Morgan fingerprint density at radius 3 is 3.23 bits per heavy atom. The summed E-state index contributed by atoms with van der Waals surface area (Å²) >= 11 is 1.91. The standard InChI is InChI=1S/C8H13N3OS/c9-4-3-7-10-8(11-12-7)6-2-1-5-13-6/h6H,1-5,9H2. The maximum Gasteiger partial charge on any atom is 0.227 e. The van der Waals surface area contributed by atoms with Crippen LogP contribution in [0.15, 0.2) is 4.52 Å². The molecule has 1 aliphatic heterocycles. The fourth-order valence-electron chi connectivity index (χ4n) is 1.41. The zero-order valence-corrected chi connectivity index (χ0v) is 8.22. The van der Waals surface area contributed by atoms with Crippen LogP contribution < -0.4 is 5.73 Å². The second kappa shape index (κ2) is 4.11. The van der Waals surface area contributed by atoms with Crippen LogP contribution in [0.3, 0.4) is 0 Å². The van der Waals surface area contributed by atoms with E-state index in [0.29, 0.717) is 24.1 Å². The molecule has 0 aliphatic carbocycles. The van der Waals surface area contributed by atoms with E-state index in [1.165, 1.54) is 18.6 Å². The van der Waals surface area contributed by atoms with E-state index in [1.807, 2.05) is 11.8 Å². The maximum absolute atomic E-state index is 5.39. The van der Waals surface area contributed by atoms with Gasteiger partial charge in [0.2, 0.25) is 5.89 Å². The zero-order chi connectivity index (χ0) is 9.10. The summed E-state index contributed by atoms with van der Waals surface area (Å²) < 4.78 is 5.06. The Kier molecular flexibility index (Phi) is 2.85. The van der Waals surface area contributed by atoms with Gasteiger partial charge in [-0.05, 0) is 18.6 Å². The Balaban J connectivity index is 2.03. The molecule has 2 N–H and O–H groups in total. The Bertz CT molecular complexity index is 270. The SMILES string of the molecule is NCCc1nc(C2CCCS2)no1. The normalized spacial score (nSPS) is 22.4. The van der Waals surface area contributed by atoms with E-state index < -0.39 is 0 Å². The fraction of sp³-hybridized carbons (Fsp3) is 0.750. The zero-order valence-electron chi connectivity index (χ0n) is 7.40. The predicted octanol–water partition coefficient (Wildman–Crippen LogP) is 1.14. The van der Waals surface area contributed by atoms with Gasteiger partial charge in [0.25, 0.3) is 0 Å². The Labute approximate surface area is 81.3 Å². The van der Waals surface area contributed by atoms with Crippen molar-refractivity contribution in [1.29, 1.82) is 0 Å². The molecular formula is C8H13N3OS. The molecule has 4 nitrogen and oxygen atoms in total. The van der Waals surface area contributed by atoms with Crippen LogP contribution in [0, 0.1) is 0 Å². The van der Waals surface area contributed by atoms with Gasteiger partial charge in [-0.25, -0.2) is 0 Å². The Morgan fingerprint density at radius 2 is 2.54 bits per heavy atom. The molecule has 2 heterocycles. The second-order valence-corrected chi connectivity index (χ2v) is 4.40. The number of nitrogens with zero attached hydrogens (tertiary/aromatic N) is 2. The molecule has 1 aliphatic rings. The molecule has 72 valence electrons. The van der Waals surface area contributed by atoms with E-state index in [2.05, 4.69) is 10.1 Å². The van der Waals surface area contributed by atoms with Crippen LogP contribution in [0.4, 0.5) is 0 Å². The molecule has 0 spiro atoms. The third kappa shape index (κ3) is 2.03. The molecule has 13 heavy (non-hydrogen) atoms. The molecular weight excluding hydrogens is 186 g/mol. The van der Waals surface area contributed by atoms with Gasteiger partial charge in [0.15, 0.2) is 5.82 Å². The number of hydrogen-bond donors (Lipinski definition) is 1. The van der Waals surface area contributed by atoms with Crippen molar-refractivity contribution < 1.29 is 4.52 Å². The minimum atomic E-state index is 0.454. The van der Waals surface area contributed by atoms with E-state index in [-0.39, 0.29) is 0 Å². The van der Waals surface area contributed by atoms with Crippen LogP contribution in [0.25, 0.3) is 0 Å². The third-order valence-corrected chi connectivity index (χ3v) is 3.43. The van der Waals surface area contributed by atoms with Gasteiger partial charge in [-0.15, -0.1) is 0 Å². The highest BCUT2D eigenvalue weighted by atomic mass is 32.2. The quantitative estimate of drug-likeness (QED) is 0.790. The highest BCUT2D eigenvalue weighted by molar-refractivity contribution is 7.99. The molecule has 5 heteroatoms. The van der Waals surface area contributed by atoms with E-state index >= 15 is 0 Å². The van der Waals surface area contributed by atoms with Crippen LogP contribution in [-0.4, -0.2) is 22.4 Å². The van der Waals surface area contributed by atoms with Gasteiger partial charge in [0, 0.05) is 13.0 Å². The summed E-state index contributed by atoms with van der Waals surface area (Å²) in [5.41, 5.74) is 5.39. The number of rotatable bonds is 3. The molecule has 1 aromatic heterocycles. The van der Waals surface area contributed by atoms with Crippen molar-refractivity contribution in [3.05, 3.63) is 11.7 Å². The first-order chi connectivity index (χ1) is 6.40. The van der Waals surface area contributed by atoms with Crippen molar-refractivity contribution in [2.24, 2.45) is 5.73 Å². The van der Waals surface area contributed by atoms with Gasteiger partial charge >= 0.3 is 0 Å². The highest BCUT2D eigenvalue weighted by Gasteiger charge is 2.22. The smallest absolute Gasteiger partial charge is 0.227 e. The molecule has 1 fully saturated rings. The molecule has 0 radical (unpaired) electrons. The molecule has 0 bridgehead atoms. The number of thioether (sulfide) groups is 1. The maximum atomic E-state index is 5.39. The summed E-state index contributed by atoms with van der Waals surface area (Å²) in [4.78, 5) is 4.30. The fourth-order valence-corrected chi connectivity index (χ4v) is 2.60. The average molecular weight is 199 g/mol. The van der Waals surface area contributed by atoms with E-state index in [9.17, 15) is 0 Å². The first-order valence-electron chi connectivity index (χ1n) is 4.54. The molecule has 1 aromatic rings. The first kappa shape index (κ1) is 9.02. The molecule has 2 rings (SSSR count). The van der Waals surface area contributed by atoms with Crippen LogP contribution in [-0.2, 0) is 6.42 Å². The Hall–Kier alpha value is -0.550. The van der Waals surface area contributed by atoms with Crippen molar-refractivity contribution in [3.63, 3.8) is 0 Å². The van der Waals surface area contributed by atoms with E-state index in [1.54, 1.807) is 0 Å². The third-order valence-electron chi connectivity index (χ3n) is 2.06. The largest absolute Gasteiger partial charge is 0.339 e. The van der Waals surface area contributed by atoms with Crippen molar-refractivity contribution in [2.45, 2.75) is 24.5 Å². The van der Waals surface area contributed by atoms with Gasteiger partial charge in [-0.2, -0.15) is 16.7 Å². The summed E-state index contributed by atoms with van der Waals surface area (Å²) in [7, 11) is 0. The lowest BCUT2D eigenvalue weighted by Gasteiger charge is -1.98. The van der Waals surface area contributed by atoms with Gasteiger partial charge < -0.3 is 10.3 Å². The van der Waals surface area contributed by atoms with E-state index in [0.717, 1.165) is 5.82 Å². The topological polar surface area (TPSA) is 64.9 Å². The van der Waals surface area contributed by atoms with Crippen LogP contribution in [0.5, 0.6) is 0 Å². The molecule has 0 amide bonds.